The quantitative estimate of drug-likeness (QED) is 0.642. The molecule has 2 rings (SSSR count). The fourth-order valence-electron chi connectivity index (χ4n) is 2.32. The molecule has 0 bridgehead atoms. The van der Waals surface area contributed by atoms with Crippen LogP contribution in [0.5, 0.6) is 0 Å². The topological polar surface area (TPSA) is 52.6 Å². The average Bonchev–Trinajstić information content (AvgIpc) is 2.51. The molecule has 0 aromatic heterocycles. The van der Waals surface area contributed by atoms with E-state index in [1.807, 2.05) is 0 Å². The van der Waals surface area contributed by atoms with E-state index in [1.54, 1.807) is 0 Å². The Morgan fingerprint density at radius 2 is 2.36 bits per heavy atom. The first-order chi connectivity index (χ1) is 6.74. The van der Waals surface area contributed by atoms with E-state index in [2.05, 4.69) is 10.2 Å². The number of carbonyl (C=O) groups excluding carboxylic acids is 1. The highest BCUT2D eigenvalue weighted by Crippen LogP contribution is 2.13. The van der Waals surface area contributed by atoms with Gasteiger partial charge in [0.15, 0.2) is 0 Å². The highest BCUT2D eigenvalue weighted by Gasteiger charge is 2.25. The second kappa shape index (κ2) is 4.28. The Morgan fingerprint density at radius 3 is 3.00 bits per heavy atom. The van der Waals surface area contributed by atoms with E-state index >= 15 is 0 Å². The largest absolute Gasteiger partial charge is 0.392 e. The molecule has 2 N–H and O–H groups in total. The summed E-state index contributed by atoms with van der Waals surface area (Å²) in [6.45, 7) is 2.73. The zero-order valence-corrected chi connectivity index (χ0v) is 8.41. The van der Waals surface area contributed by atoms with Crippen molar-refractivity contribution in [2.75, 3.05) is 19.6 Å². The molecule has 14 heavy (non-hydrogen) atoms. The van der Waals surface area contributed by atoms with Crippen molar-refractivity contribution in [3.05, 3.63) is 0 Å². The van der Waals surface area contributed by atoms with Crippen LogP contribution < -0.4 is 5.32 Å². The smallest absolute Gasteiger partial charge is 0.220 e. The van der Waals surface area contributed by atoms with Gasteiger partial charge in [0.2, 0.25) is 5.91 Å². The summed E-state index contributed by atoms with van der Waals surface area (Å²) < 4.78 is 0. The number of β-amino-alcohol motifs (C(OH)–C–C–N with tert-alkyl or cyclic N) is 1. The van der Waals surface area contributed by atoms with Crippen LogP contribution in [-0.2, 0) is 4.79 Å². The van der Waals surface area contributed by atoms with Crippen molar-refractivity contribution in [1.29, 1.82) is 0 Å². The molecule has 1 amide bonds. The van der Waals surface area contributed by atoms with Gasteiger partial charge in [-0.2, -0.15) is 0 Å². The minimum atomic E-state index is -0.166. The van der Waals surface area contributed by atoms with Gasteiger partial charge in [-0.25, -0.2) is 0 Å². The third kappa shape index (κ3) is 2.45. The highest BCUT2D eigenvalue weighted by molar-refractivity contribution is 5.78. The Balaban J connectivity index is 1.76. The standard InChI is InChI=1S/C10H18N2O2/c13-9-2-1-5-12(7-9)6-8-3-4-10(14)11-8/h8-9,13H,1-7H2,(H,11,14)/t8?,9-/m0/s1. The Kier molecular flexibility index (Phi) is 3.03. The van der Waals surface area contributed by atoms with Crippen LogP contribution in [0, 0.1) is 0 Å². The average molecular weight is 198 g/mol. The summed E-state index contributed by atoms with van der Waals surface area (Å²) in [4.78, 5) is 13.2. The van der Waals surface area contributed by atoms with E-state index in [0.29, 0.717) is 12.5 Å². The lowest BCUT2D eigenvalue weighted by molar-refractivity contribution is -0.119. The predicted octanol–water partition coefficient (Wildman–Crippen LogP) is -0.278. The number of hydrogen-bond donors (Lipinski definition) is 2. The molecule has 4 nitrogen and oxygen atoms in total. The molecule has 1 unspecified atom stereocenters. The summed E-state index contributed by atoms with van der Waals surface area (Å²) >= 11 is 0. The first kappa shape index (κ1) is 9.93. The van der Waals surface area contributed by atoms with Crippen LogP contribution in [0.15, 0.2) is 0 Å². The van der Waals surface area contributed by atoms with Crippen molar-refractivity contribution in [3.63, 3.8) is 0 Å². The summed E-state index contributed by atoms with van der Waals surface area (Å²) in [6.07, 6.45) is 3.45. The van der Waals surface area contributed by atoms with Crippen LogP contribution in [0.2, 0.25) is 0 Å². The van der Waals surface area contributed by atoms with E-state index in [0.717, 1.165) is 38.9 Å². The number of rotatable bonds is 2. The number of likely N-dealkylation sites (tertiary alicyclic amines) is 1. The molecule has 0 aromatic rings. The zero-order valence-electron chi connectivity index (χ0n) is 8.41. The van der Waals surface area contributed by atoms with E-state index in [-0.39, 0.29) is 12.0 Å². The van der Waals surface area contributed by atoms with Gasteiger partial charge in [0, 0.05) is 25.6 Å². The number of nitrogens with zero attached hydrogens (tertiary/aromatic N) is 1. The van der Waals surface area contributed by atoms with Gasteiger partial charge < -0.3 is 10.4 Å². The van der Waals surface area contributed by atoms with Crippen LogP contribution in [0.25, 0.3) is 0 Å². The number of carbonyl (C=O) groups is 1. The van der Waals surface area contributed by atoms with Crippen LogP contribution in [0.3, 0.4) is 0 Å². The third-order valence-electron chi connectivity index (χ3n) is 3.04. The molecule has 2 atom stereocenters. The normalized spacial score (nSPS) is 34.5. The maximum Gasteiger partial charge on any atom is 0.220 e. The molecule has 0 aliphatic carbocycles. The van der Waals surface area contributed by atoms with E-state index < -0.39 is 0 Å². The first-order valence-electron chi connectivity index (χ1n) is 5.44. The highest BCUT2D eigenvalue weighted by atomic mass is 16.3. The van der Waals surface area contributed by atoms with Gasteiger partial charge in [-0.1, -0.05) is 0 Å². The van der Waals surface area contributed by atoms with Gasteiger partial charge >= 0.3 is 0 Å². The molecular weight excluding hydrogens is 180 g/mol. The van der Waals surface area contributed by atoms with E-state index in [9.17, 15) is 9.90 Å². The molecule has 0 saturated carbocycles. The minimum Gasteiger partial charge on any atom is -0.392 e. The molecular formula is C10H18N2O2. The fraction of sp³-hybridized carbons (Fsp3) is 0.900. The number of aliphatic hydroxyl groups excluding tert-OH is 1. The number of piperidine rings is 1. The molecule has 0 spiro atoms. The number of hydrogen-bond acceptors (Lipinski definition) is 3. The molecule has 80 valence electrons. The Hall–Kier alpha value is -0.610. The molecule has 2 aliphatic rings. The third-order valence-corrected chi connectivity index (χ3v) is 3.04. The lowest BCUT2D eigenvalue weighted by Gasteiger charge is -2.31. The Labute approximate surface area is 84.3 Å². The monoisotopic (exact) mass is 198 g/mol. The van der Waals surface area contributed by atoms with Gasteiger partial charge in [0.1, 0.15) is 0 Å². The van der Waals surface area contributed by atoms with Gasteiger partial charge in [0.05, 0.1) is 6.10 Å². The van der Waals surface area contributed by atoms with Crippen molar-refractivity contribution in [2.45, 2.75) is 37.8 Å². The number of aliphatic hydroxyl groups is 1. The number of nitrogens with one attached hydrogen (secondary N) is 1. The second-order valence-corrected chi connectivity index (χ2v) is 4.36. The van der Waals surface area contributed by atoms with Crippen LogP contribution in [0.4, 0.5) is 0 Å². The Bertz CT molecular complexity index is 220. The minimum absolute atomic E-state index is 0.166. The van der Waals surface area contributed by atoms with Crippen molar-refractivity contribution in [2.24, 2.45) is 0 Å². The molecule has 0 radical (unpaired) electrons. The lowest BCUT2D eigenvalue weighted by atomic mass is 10.1. The van der Waals surface area contributed by atoms with Crippen molar-refractivity contribution in [1.82, 2.24) is 10.2 Å². The molecule has 2 heterocycles. The second-order valence-electron chi connectivity index (χ2n) is 4.36. The fourth-order valence-corrected chi connectivity index (χ4v) is 2.32. The maximum atomic E-state index is 11.0. The number of amides is 1. The molecule has 4 heteroatoms. The van der Waals surface area contributed by atoms with Crippen molar-refractivity contribution >= 4 is 5.91 Å². The molecule has 0 aromatic carbocycles. The summed E-state index contributed by atoms with van der Waals surface area (Å²) in [5.41, 5.74) is 0. The summed E-state index contributed by atoms with van der Waals surface area (Å²) in [5.74, 6) is 0.174. The van der Waals surface area contributed by atoms with Gasteiger partial charge in [-0.3, -0.25) is 9.69 Å². The van der Waals surface area contributed by atoms with Crippen LogP contribution in [-0.4, -0.2) is 47.7 Å². The van der Waals surface area contributed by atoms with Crippen LogP contribution in [0.1, 0.15) is 25.7 Å². The Morgan fingerprint density at radius 1 is 1.50 bits per heavy atom. The van der Waals surface area contributed by atoms with Crippen LogP contribution >= 0.6 is 0 Å². The predicted molar refractivity (Wildman–Crippen MR) is 52.8 cm³/mol. The van der Waals surface area contributed by atoms with Crippen molar-refractivity contribution in [3.8, 4) is 0 Å². The van der Waals surface area contributed by atoms with Gasteiger partial charge in [-0.05, 0) is 25.8 Å². The summed E-state index contributed by atoms with van der Waals surface area (Å²) in [5, 5.41) is 12.4. The SMILES string of the molecule is O=C1CCC(CN2CCC[C@H](O)C2)N1. The van der Waals surface area contributed by atoms with E-state index in [1.165, 1.54) is 0 Å². The zero-order chi connectivity index (χ0) is 9.97. The first-order valence-corrected chi connectivity index (χ1v) is 5.44. The molecule has 2 fully saturated rings. The van der Waals surface area contributed by atoms with Gasteiger partial charge in [0.25, 0.3) is 0 Å². The maximum absolute atomic E-state index is 11.0. The summed E-state index contributed by atoms with van der Waals surface area (Å²) in [7, 11) is 0. The lowest BCUT2D eigenvalue weighted by Crippen LogP contribution is -2.45. The van der Waals surface area contributed by atoms with Gasteiger partial charge in [-0.15, -0.1) is 0 Å². The van der Waals surface area contributed by atoms with Crippen molar-refractivity contribution < 1.29 is 9.90 Å². The summed E-state index contributed by atoms with van der Waals surface area (Å²) in [6, 6.07) is 0.313. The molecule has 2 aliphatic heterocycles. The van der Waals surface area contributed by atoms with E-state index in [4.69, 9.17) is 0 Å². The molecule has 2 saturated heterocycles.